The van der Waals surface area contributed by atoms with Crippen molar-refractivity contribution in [1.29, 1.82) is 0 Å². The van der Waals surface area contributed by atoms with E-state index in [9.17, 15) is 43.2 Å². The minimum absolute atomic E-state index is 0.0648. The number of esters is 1. The number of anilines is 2. The number of likely N-dealkylation sites (tertiary alicyclic amines) is 1. The monoisotopic (exact) mass is 1180 g/mol. The number of primary amides is 1. The van der Waals surface area contributed by atoms with E-state index in [4.69, 9.17) is 24.9 Å². The summed E-state index contributed by atoms with van der Waals surface area (Å²) >= 11 is 0. The number of ether oxygens (including phenoxy) is 3. The van der Waals surface area contributed by atoms with Crippen LogP contribution < -0.4 is 36.9 Å². The number of allylic oxidation sites excluding steroid dienone is 2. The van der Waals surface area contributed by atoms with Gasteiger partial charge in [0.25, 0.3) is 5.91 Å². The summed E-state index contributed by atoms with van der Waals surface area (Å²) in [4.78, 5) is 123. The van der Waals surface area contributed by atoms with Gasteiger partial charge in [0.2, 0.25) is 41.4 Å². The van der Waals surface area contributed by atoms with E-state index in [0.29, 0.717) is 81.4 Å². The molecule has 27 nitrogen and oxygen atoms in total. The first-order valence-electron chi connectivity index (χ1n) is 28.0. The summed E-state index contributed by atoms with van der Waals surface area (Å²) in [6.45, 7) is 18.8. The molecule has 0 spiro atoms. The summed E-state index contributed by atoms with van der Waals surface area (Å²) in [5.74, 6) is -2.98. The van der Waals surface area contributed by atoms with Crippen LogP contribution in [0.15, 0.2) is 48.6 Å². The molecule has 1 saturated heterocycles. The van der Waals surface area contributed by atoms with Crippen LogP contribution in [0.5, 0.6) is 11.5 Å². The lowest BCUT2D eigenvalue weighted by atomic mass is 10.1. The lowest BCUT2D eigenvalue weighted by Crippen LogP contribution is -2.49. The van der Waals surface area contributed by atoms with Gasteiger partial charge in [0, 0.05) is 83.3 Å². The standard InChI is InChI=1S/C46H56N12O11.C7H10N2O.2C2H6.CH5N/c1-8-58-33(19-27(3)53-58)42(64)52-46-51-31-22-29(41(47)63)23-34(67-6)39(31)57(46)15-10-9-14-56-40-30(50-45(56)48-4)20-28(25-59)21-35(40)69-17-11-13-54(5)44(66)32(24-38(62)68-7)49-36(60)12-16-55-37(61)18-26(2)43(55)65;1-3-9-7(5-10)4-6(2)8-9;3*1-2/h9-10,19-23,25-26,32H,8,11-18,24H2,1-7H3,(H2,47,63)(H,48,50)(H,49,60)(H,51,52,64);4-5H,3H2,1-2H3;2*1-2H3;2H2,1H3/b10-9+;;;;. The molecule has 7 N–H and O–H groups in total. The molecule has 6 amide bonds. The molecule has 0 bridgehead atoms. The molecule has 2 unspecified atom stereocenters. The van der Waals surface area contributed by atoms with Crippen LogP contribution in [0.2, 0.25) is 0 Å². The Labute approximate surface area is 494 Å². The zero-order valence-corrected chi connectivity index (χ0v) is 51.2. The van der Waals surface area contributed by atoms with Crippen molar-refractivity contribution in [2.24, 2.45) is 17.4 Å². The van der Waals surface area contributed by atoms with E-state index in [1.54, 1.807) is 59.1 Å². The number of nitrogens with one attached hydrogen (secondary N) is 3. The third-order valence-electron chi connectivity index (χ3n) is 12.8. The van der Waals surface area contributed by atoms with Gasteiger partial charge in [-0.15, -0.1) is 0 Å². The number of hydrogen-bond donors (Lipinski definition) is 5. The van der Waals surface area contributed by atoms with Crippen molar-refractivity contribution < 1.29 is 57.4 Å². The smallest absolute Gasteiger partial charge is 0.308 e. The molecular weight excluding hydrogens is 1100 g/mol. The van der Waals surface area contributed by atoms with Crippen LogP contribution in [0.3, 0.4) is 0 Å². The number of imidazole rings is 2. The lowest BCUT2D eigenvalue weighted by Gasteiger charge is -2.24. The normalized spacial score (nSPS) is 12.8. The van der Waals surface area contributed by atoms with Crippen molar-refractivity contribution in [3.05, 3.63) is 82.5 Å². The number of aryl methyl sites for hydroxylation is 4. The fourth-order valence-corrected chi connectivity index (χ4v) is 8.88. The highest BCUT2D eigenvalue weighted by molar-refractivity contribution is 6.05. The van der Waals surface area contributed by atoms with E-state index < -0.39 is 48.0 Å². The molecule has 4 aromatic heterocycles. The van der Waals surface area contributed by atoms with Gasteiger partial charge < -0.3 is 50.3 Å². The number of hydrogen-bond acceptors (Lipinski definition) is 18. The van der Waals surface area contributed by atoms with Crippen molar-refractivity contribution in [2.75, 3.05) is 65.7 Å². The van der Waals surface area contributed by atoms with Crippen molar-refractivity contribution >= 4 is 87.9 Å². The molecule has 27 heteroatoms. The number of methoxy groups -OCH3 is 2. The largest absolute Gasteiger partial charge is 0.494 e. The highest BCUT2D eigenvalue weighted by Crippen LogP contribution is 2.33. The Morgan fingerprint density at radius 1 is 0.824 bits per heavy atom. The summed E-state index contributed by atoms with van der Waals surface area (Å²) in [5, 5.41) is 17.0. The van der Waals surface area contributed by atoms with Crippen LogP contribution >= 0.6 is 0 Å². The van der Waals surface area contributed by atoms with Gasteiger partial charge in [-0.1, -0.05) is 46.8 Å². The first-order chi connectivity index (χ1) is 40.8. The second kappa shape index (κ2) is 34.4. The fraction of sp³-hybridized carbons (Fsp3) is 0.466. The zero-order valence-electron chi connectivity index (χ0n) is 51.2. The number of nitrogens with two attached hydrogens (primary N) is 2. The topological polar surface area (TPSA) is 347 Å². The molecule has 85 heavy (non-hydrogen) atoms. The van der Waals surface area contributed by atoms with E-state index in [-0.39, 0.29) is 69.0 Å². The summed E-state index contributed by atoms with van der Waals surface area (Å²) in [5.41, 5.74) is 15.0. The third-order valence-corrected chi connectivity index (χ3v) is 12.8. The van der Waals surface area contributed by atoms with Crippen molar-refractivity contribution in [2.45, 2.75) is 120 Å². The van der Waals surface area contributed by atoms with Gasteiger partial charge in [-0.3, -0.25) is 62.7 Å². The van der Waals surface area contributed by atoms with Gasteiger partial charge in [-0.25, -0.2) is 9.97 Å². The van der Waals surface area contributed by atoms with Gasteiger partial charge in [-0.2, -0.15) is 10.2 Å². The maximum Gasteiger partial charge on any atom is 0.308 e. The van der Waals surface area contributed by atoms with Crippen LogP contribution in [0.1, 0.15) is 127 Å². The Balaban J connectivity index is 0.00000104. The molecule has 2 atom stereocenters. The molecule has 0 saturated carbocycles. The maximum absolute atomic E-state index is 13.6. The van der Waals surface area contributed by atoms with Gasteiger partial charge in [-0.05, 0) is 77.6 Å². The minimum atomic E-state index is -1.28. The molecule has 7 rings (SSSR count). The van der Waals surface area contributed by atoms with Gasteiger partial charge in [0.1, 0.15) is 46.2 Å². The Kier molecular flexibility index (Phi) is 28.3. The molecule has 5 heterocycles. The van der Waals surface area contributed by atoms with E-state index in [2.05, 4.69) is 36.9 Å². The minimum Gasteiger partial charge on any atom is -0.494 e. The number of likely N-dealkylation sites (N-methyl/N-ethyl adjacent to an activating group) is 1. The average molecular weight is 1180 g/mol. The quantitative estimate of drug-likeness (QED) is 0.0164. The zero-order chi connectivity index (χ0) is 63.7. The summed E-state index contributed by atoms with van der Waals surface area (Å²) in [6, 6.07) is 8.42. The number of nitrogens with zero attached hydrogens (tertiary/aromatic N) is 10. The van der Waals surface area contributed by atoms with E-state index in [0.717, 1.165) is 30.5 Å². The number of aromatic nitrogens is 8. The highest BCUT2D eigenvalue weighted by Gasteiger charge is 2.36. The van der Waals surface area contributed by atoms with Gasteiger partial charge in [0.15, 0.2) is 6.29 Å². The fourth-order valence-electron chi connectivity index (χ4n) is 8.88. The van der Waals surface area contributed by atoms with Gasteiger partial charge >= 0.3 is 5.97 Å². The SMILES string of the molecule is CC.CC.CCn1nc(C)cc1C(=O)Nc1nc2cc(C(N)=O)cc(OC)c2n1C/C=C/Cn1c(NC)nc2cc(C=O)cc(OCCCN(C)C(=O)C(CC(=O)OC)NC(=O)CCN3C(=O)CC(C)C3=O)c21.CCn1nc(C)cc1C=O.CN. The molecule has 2 aromatic carbocycles. The average Bonchev–Trinajstić information content (AvgIpc) is 2.60. The lowest BCUT2D eigenvalue weighted by molar-refractivity contribution is -0.145. The van der Waals surface area contributed by atoms with E-state index >= 15 is 0 Å². The number of rotatable bonds is 25. The first-order valence-corrected chi connectivity index (χ1v) is 28.0. The summed E-state index contributed by atoms with van der Waals surface area (Å²) in [7, 11) is 7.32. The first kappa shape index (κ1) is 70.0. The number of fused-ring (bicyclic) bond motifs is 2. The molecule has 1 aliphatic heterocycles. The number of carbonyl (C=O) groups excluding carboxylic acids is 9. The van der Waals surface area contributed by atoms with Crippen molar-refractivity contribution in [3.8, 4) is 11.5 Å². The summed E-state index contributed by atoms with van der Waals surface area (Å²) in [6.07, 6.45) is 4.87. The second-order valence-corrected chi connectivity index (χ2v) is 18.4. The van der Waals surface area contributed by atoms with E-state index in [1.165, 1.54) is 38.2 Å². The number of amides is 6. The predicted molar refractivity (Wildman–Crippen MR) is 321 cm³/mol. The van der Waals surface area contributed by atoms with Gasteiger partial charge in [0.05, 0.1) is 49.7 Å². The van der Waals surface area contributed by atoms with Crippen LogP contribution in [0, 0.1) is 19.8 Å². The Hall–Kier alpha value is -9.27. The number of carbonyl (C=O) groups is 9. The number of benzene rings is 2. The highest BCUT2D eigenvalue weighted by atomic mass is 16.5. The second-order valence-electron chi connectivity index (χ2n) is 18.4. The van der Waals surface area contributed by atoms with Crippen LogP contribution in [-0.2, 0) is 54.9 Å². The Morgan fingerprint density at radius 3 is 1.98 bits per heavy atom. The number of imide groups is 1. The Bertz CT molecular complexity index is 3320. The van der Waals surface area contributed by atoms with Crippen LogP contribution in [-0.4, -0.2) is 164 Å². The predicted octanol–water partition coefficient (Wildman–Crippen LogP) is 5.09. The maximum atomic E-state index is 13.6. The molecule has 6 aromatic rings. The summed E-state index contributed by atoms with van der Waals surface area (Å²) < 4.78 is 23.5. The van der Waals surface area contributed by atoms with Crippen molar-refractivity contribution in [3.63, 3.8) is 0 Å². The van der Waals surface area contributed by atoms with Crippen LogP contribution in [0.25, 0.3) is 22.1 Å². The molecule has 0 radical (unpaired) electrons. The van der Waals surface area contributed by atoms with Crippen LogP contribution in [0.4, 0.5) is 11.9 Å². The molecular formula is C58H83N15O12. The van der Waals surface area contributed by atoms with E-state index in [1.807, 2.05) is 65.2 Å². The van der Waals surface area contributed by atoms with Crippen molar-refractivity contribution in [1.82, 2.24) is 53.8 Å². The third kappa shape index (κ3) is 18.1. The number of aldehydes is 2. The molecule has 1 aliphatic rings. The molecule has 462 valence electrons. The molecule has 1 fully saturated rings. The Morgan fingerprint density at radius 2 is 1.42 bits per heavy atom. The molecule has 0 aliphatic carbocycles.